The molecule has 0 fully saturated rings. The number of nitrogen functional groups attached to an aromatic ring is 1. The van der Waals surface area contributed by atoms with Crippen molar-refractivity contribution in [3.05, 3.63) is 48.3 Å². The van der Waals surface area contributed by atoms with Gasteiger partial charge in [0.25, 0.3) is 5.91 Å². The Labute approximate surface area is 97.9 Å². The Hall–Kier alpha value is -2.56. The lowest BCUT2D eigenvalue weighted by Crippen LogP contribution is -2.13. The van der Waals surface area contributed by atoms with Gasteiger partial charge in [0.2, 0.25) is 0 Å². The Morgan fingerprint density at radius 2 is 2.18 bits per heavy atom. The summed E-state index contributed by atoms with van der Waals surface area (Å²) in [7, 11) is 0. The number of carbonyl (C=O) groups is 1. The zero-order chi connectivity index (χ0) is 12.3. The van der Waals surface area contributed by atoms with Gasteiger partial charge in [-0.15, -0.1) is 0 Å². The fraction of sp³-hybridized carbons (Fsp3) is 0. The number of nitrogens with zero attached hydrogens (tertiary/aromatic N) is 1. The molecule has 2 aromatic rings. The van der Waals surface area contributed by atoms with Crippen LogP contribution in [-0.4, -0.2) is 16.0 Å². The van der Waals surface area contributed by atoms with Crippen LogP contribution in [0.1, 0.15) is 10.4 Å². The number of phenolic OH excluding ortho intramolecular Hbond substituents is 1. The second-order valence-corrected chi connectivity index (χ2v) is 3.47. The second-order valence-electron chi connectivity index (χ2n) is 3.47. The summed E-state index contributed by atoms with van der Waals surface area (Å²) in [6.45, 7) is 0. The number of hydrogen-bond donors (Lipinski definition) is 3. The average Bonchev–Trinajstić information content (AvgIpc) is 2.33. The third-order valence-electron chi connectivity index (χ3n) is 2.20. The fourth-order valence-corrected chi connectivity index (χ4v) is 1.38. The van der Waals surface area contributed by atoms with Crippen molar-refractivity contribution in [2.75, 3.05) is 11.1 Å². The van der Waals surface area contributed by atoms with Crippen molar-refractivity contribution in [3.63, 3.8) is 0 Å². The molecule has 86 valence electrons. The first-order valence-corrected chi connectivity index (χ1v) is 4.96. The van der Waals surface area contributed by atoms with E-state index in [1.165, 1.54) is 24.4 Å². The minimum absolute atomic E-state index is 0.00413. The molecule has 0 spiro atoms. The maximum atomic E-state index is 11.9. The Bertz CT molecular complexity index is 541. The molecule has 0 bridgehead atoms. The van der Waals surface area contributed by atoms with Crippen LogP contribution in [0.15, 0.2) is 42.7 Å². The lowest BCUT2D eigenvalue weighted by Gasteiger charge is -2.07. The number of nitrogens with one attached hydrogen (secondary N) is 1. The van der Waals surface area contributed by atoms with Crippen LogP contribution in [0.5, 0.6) is 5.75 Å². The number of aromatic nitrogens is 1. The molecule has 5 heteroatoms. The van der Waals surface area contributed by atoms with Crippen molar-refractivity contribution in [1.29, 1.82) is 0 Å². The van der Waals surface area contributed by atoms with Gasteiger partial charge in [-0.2, -0.15) is 0 Å². The highest BCUT2D eigenvalue weighted by Crippen LogP contribution is 2.19. The van der Waals surface area contributed by atoms with Gasteiger partial charge in [0.1, 0.15) is 5.75 Å². The normalized spacial score (nSPS) is 9.88. The summed E-state index contributed by atoms with van der Waals surface area (Å²) < 4.78 is 0. The minimum atomic E-state index is -0.383. The van der Waals surface area contributed by atoms with Gasteiger partial charge < -0.3 is 16.2 Å². The highest BCUT2D eigenvalue weighted by atomic mass is 16.3. The number of hydrogen-bond acceptors (Lipinski definition) is 4. The average molecular weight is 229 g/mol. The lowest BCUT2D eigenvalue weighted by molar-refractivity contribution is 0.102. The van der Waals surface area contributed by atoms with Crippen molar-refractivity contribution < 1.29 is 9.90 Å². The Morgan fingerprint density at radius 3 is 2.88 bits per heavy atom. The van der Waals surface area contributed by atoms with E-state index in [1.807, 2.05) is 0 Å². The summed E-state index contributed by atoms with van der Waals surface area (Å²) in [4.78, 5) is 15.7. The van der Waals surface area contributed by atoms with Crippen LogP contribution in [0.3, 0.4) is 0 Å². The zero-order valence-corrected chi connectivity index (χ0v) is 8.92. The summed E-state index contributed by atoms with van der Waals surface area (Å²) in [5.74, 6) is -0.387. The maximum Gasteiger partial charge on any atom is 0.257 e. The minimum Gasteiger partial charge on any atom is -0.508 e. The molecular formula is C12H11N3O2. The van der Waals surface area contributed by atoms with Crippen molar-refractivity contribution in [2.24, 2.45) is 0 Å². The number of pyridine rings is 1. The van der Waals surface area contributed by atoms with Crippen LogP contribution in [-0.2, 0) is 0 Å². The van der Waals surface area contributed by atoms with Crippen LogP contribution >= 0.6 is 0 Å². The van der Waals surface area contributed by atoms with E-state index in [2.05, 4.69) is 10.3 Å². The molecule has 0 radical (unpaired) electrons. The molecule has 0 aliphatic rings. The topological polar surface area (TPSA) is 88.2 Å². The van der Waals surface area contributed by atoms with Crippen molar-refractivity contribution in [2.45, 2.75) is 0 Å². The van der Waals surface area contributed by atoms with Crippen molar-refractivity contribution in [1.82, 2.24) is 4.98 Å². The molecule has 5 nitrogen and oxygen atoms in total. The third-order valence-corrected chi connectivity index (χ3v) is 2.20. The van der Waals surface area contributed by atoms with Crippen molar-refractivity contribution in [3.8, 4) is 5.75 Å². The molecule has 1 aromatic heterocycles. The van der Waals surface area contributed by atoms with E-state index < -0.39 is 0 Å². The molecule has 17 heavy (non-hydrogen) atoms. The fourth-order valence-electron chi connectivity index (χ4n) is 1.38. The van der Waals surface area contributed by atoms with E-state index in [4.69, 9.17) is 5.73 Å². The molecule has 0 atom stereocenters. The predicted molar refractivity (Wildman–Crippen MR) is 64.7 cm³/mol. The van der Waals surface area contributed by atoms with E-state index >= 15 is 0 Å². The number of anilines is 2. The first-order chi connectivity index (χ1) is 8.16. The largest absolute Gasteiger partial charge is 0.508 e. The van der Waals surface area contributed by atoms with E-state index in [1.54, 1.807) is 18.3 Å². The van der Waals surface area contributed by atoms with Crippen LogP contribution in [0.4, 0.5) is 11.4 Å². The van der Waals surface area contributed by atoms with Crippen LogP contribution < -0.4 is 11.1 Å². The molecule has 0 aliphatic heterocycles. The summed E-state index contributed by atoms with van der Waals surface area (Å²) in [5.41, 5.74) is 6.77. The highest BCUT2D eigenvalue weighted by Gasteiger charge is 2.10. The van der Waals surface area contributed by atoms with Crippen molar-refractivity contribution >= 4 is 17.3 Å². The molecule has 1 aromatic carbocycles. The monoisotopic (exact) mass is 229 g/mol. The quantitative estimate of drug-likeness (QED) is 0.539. The first-order valence-electron chi connectivity index (χ1n) is 4.96. The van der Waals surface area contributed by atoms with Gasteiger partial charge in [-0.05, 0) is 30.3 Å². The van der Waals surface area contributed by atoms with E-state index in [0.717, 1.165) is 0 Å². The maximum absolute atomic E-state index is 11.9. The standard InChI is InChI=1S/C12H11N3O2/c13-11-4-3-9(16)6-10(11)12(17)15-8-2-1-5-14-7-8/h1-7,16H,13H2,(H,15,17). The molecule has 0 aliphatic carbocycles. The molecule has 2 rings (SSSR count). The van der Waals surface area contributed by atoms with Crippen LogP contribution in [0.2, 0.25) is 0 Å². The van der Waals surface area contributed by atoms with Gasteiger partial charge in [0, 0.05) is 11.9 Å². The summed E-state index contributed by atoms with van der Waals surface area (Å²) >= 11 is 0. The zero-order valence-electron chi connectivity index (χ0n) is 8.92. The van der Waals surface area contributed by atoms with E-state index in [-0.39, 0.29) is 17.2 Å². The molecule has 0 unspecified atom stereocenters. The van der Waals surface area contributed by atoms with E-state index in [0.29, 0.717) is 11.4 Å². The number of benzene rings is 1. The van der Waals surface area contributed by atoms with Crippen LogP contribution in [0.25, 0.3) is 0 Å². The molecule has 1 heterocycles. The smallest absolute Gasteiger partial charge is 0.257 e. The molecular weight excluding hydrogens is 218 g/mol. The SMILES string of the molecule is Nc1ccc(O)cc1C(=O)Nc1cccnc1. The number of rotatable bonds is 2. The first kappa shape index (κ1) is 10.9. The van der Waals surface area contributed by atoms with Gasteiger partial charge in [0.15, 0.2) is 0 Å². The number of amides is 1. The number of carbonyl (C=O) groups excluding carboxylic acids is 1. The lowest BCUT2D eigenvalue weighted by atomic mass is 10.1. The third kappa shape index (κ3) is 2.52. The molecule has 1 amide bonds. The number of nitrogens with two attached hydrogens (primary N) is 1. The van der Waals surface area contributed by atoms with Gasteiger partial charge in [-0.25, -0.2) is 0 Å². The number of phenols is 1. The predicted octanol–water partition coefficient (Wildman–Crippen LogP) is 1.62. The van der Waals surface area contributed by atoms with Gasteiger partial charge >= 0.3 is 0 Å². The molecule has 0 saturated heterocycles. The highest BCUT2D eigenvalue weighted by molar-refractivity contribution is 6.07. The van der Waals surface area contributed by atoms with Gasteiger partial charge in [-0.3, -0.25) is 9.78 Å². The van der Waals surface area contributed by atoms with Crippen LogP contribution in [0, 0.1) is 0 Å². The Balaban J connectivity index is 2.23. The Morgan fingerprint density at radius 1 is 1.35 bits per heavy atom. The summed E-state index contributed by atoms with van der Waals surface area (Å²) in [6, 6.07) is 7.65. The second kappa shape index (κ2) is 4.52. The summed E-state index contributed by atoms with van der Waals surface area (Å²) in [5, 5.41) is 11.9. The Kier molecular flexibility index (Phi) is 2.91. The summed E-state index contributed by atoms with van der Waals surface area (Å²) in [6.07, 6.45) is 3.13. The van der Waals surface area contributed by atoms with Gasteiger partial charge in [0.05, 0.1) is 17.4 Å². The molecule has 4 N–H and O–H groups in total. The van der Waals surface area contributed by atoms with Gasteiger partial charge in [-0.1, -0.05) is 0 Å². The molecule has 0 saturated carbocycles. The van der Waals surface area contributed by atoms with E-state index in [9.17, 15) is 9.90 Å². The number of aromatic hydroxyl groups is 1.